The Balaban J connectivity index is 1.95. The van der Waals surface area contributed by atoms with E-state index < -0.39 is 0 Å². The molecule has 0 bridgehead atoms. The van der Waals surface area contributed by atoms with Crippen molar-refractivity contribution < 1.29 is 4.74 Å². The summed E-state index contributed by atoms with van der Waals surface area (Å²) in [5.41, 5.74) is 1.06. The van der Waals surface area contributed by atoms with Crippen LogP contribution in [0.1, 0.15) is 44.7 Å². The van der Waals surface area contributed by atoms with Crippen LogP contribution in [0.3, 0.4) is 0 Å². The average Bonchev–Trinajstić information content (AvgIpc) is 2.57. The highest BCUT2D eigenvalue weighted by Crippen LogP contribution is 2.25. The lowest BCUT2D eigenvalue weighted by molar-refractivity contribution is 0.0881. The lowest BCUT2D eigenvalue weighted by Gasteiger charge is -2.39. The van der Waals surface area contributed by atoms with E-state index in [2.05, 4.69) is 36.8 Å². The lowest BCUT2D eigenvalue weighted by Crippen LogP contribution is -2.50. The summed E-state index contributed by atoms with van der Waals surface area (Å²) in [5, 5.41) is 9.62. The second-order valence-electron chi connectivity index (χ2n) is 6.48. The van der Waals surface area contributed by atoms with Gasteiger partial charge in [0.05, 0.1) is 12.7 Å². The molecule has 1 heterocycles. The number of unbranched alkanes of at least 4 members (excludes halogenated alkanes) is 2. The smallest absolute Gasteiger partial charge is 0.123 e. The van der Waals surface area contributed by atoms with Crippen LogP contribution in [-0.2, 0) is 0 Å². The van der Waals surface area contributed by atoms with Crippen molar-refractivity contribution in [2.24, 2.45) is 0 Å². The summed E-state index contributed by atoms with van der Waals surface area (Å²) in [6, 6.07) is 10.8. The van der Waals surface area contributed by atoms with Gasteiger partial charge in [-0.25, -0.2) is 0 Å². The first-order chi connectivity index (χ1) is 11.2. The fraction of sp³-hybridized carbons (Fsp3) is 0.632. The molecule has 2 atom stereocenters. The van der Waals surface area contributed by atoms with E-state index in [0.717, 1.165) is 44.0 Å². The zero-order chi connectivity index (χ0) is 16.7. The topological polar surface area (TPSA) is 39.5 Å². The van der Waals surface area contributed by atoms with Crippen molar-refractivity contribution in [1.82, 2.24) is 9.80 Å². The van der Waals surface area contributed by atoms with Gasteiger partial charge in [0, 0.05) is 25.7 Å². The van der Waals surface area contributed by atoms with Crippen LogP contribution in [0.4, 0.5) is 0 Å². The summed E-state index contributed by atoms with van der Waals surface area (Å²) in [6.45, 7) is 8.06. The fourth-order valence-corrected chi connectivity index (χ4v) is 2.97. The molecule has 1 saturated heterocycles. The van der Waals surface area contributed by atoms with Crippen LogP contribution >= 0.6 is 0 Å². The van der Waals surface area contributed by atoms with E-state index >= 15 is 0 Å². The van der Waals surface area contributed by atoms with Gasteiger partial charge >= 0.3 is 0 Å². The van der Waals surface area contributed by atoms with Crippen LogP contribution in [0.15, 0.2) is 24.3 Å². The molecule has 0 radical (unpaired) electrons. The maximum atomic E-state index is 9.62. The molecule has 0 aliphatic carbocycles. The van der Waals surface area contributed by atoms with Crippen LogP contribution in [0.25, 0.3) is 0 Å². The van der Waals surface area contributed by atoms with Crippen LogP contribution in [0.2, 0.25) is 0 Å². The second kappa shape index (κ2) is 8.90. The molecule has 126 valence electrons. The molecule has 0 N–H and O–H groups in total. The maximum Gasteiger partial charge on any atom is 0.123 e. The van der Waals surface area contributed by atoms with Gasteiger partial charge in [-0.3, -0.25) is 4.90 Å². The van der Waals surface area contributed by atoms with Crippen LogP contribution < -0.4 is 4.74 Å². The van der Waals surface area contributed by atoms with Gasteiger partial charge in [0.2, 0.25) is 0 Å². The van der Waals surface area contributed by atoms with Gasteiger partial charge in [-0.1, -0.05) is 31.9 Å². The van der Waals surface area contributed by atoms with Crippen molar-refractivity contribution in [3.8, 4) is 11.8 Å². The van der Waals surface area contributed by atoms with Crippen molar-refractivity contribution in [2.75, 3.05) is 33.3 Å². The number of ether oxygens (including phenoxy) is 1. The van der Waals surface area contributed by atoms with Crippen molar-refractivity contribution >= 4 is 0 Å². The Morgan fingerprint density at radius 2 is 2.00 bits per heavy atom. The Kier molecular flexibility index (Phi) is 6.88. The Morgan fingerprint density at radius 3 is 2.61 bits per heavy atom. The Morgan fingerprint density at radius 1 is 1.26 bits per heavy atom. The van der Waals surface area contributed by atoms with Gasteiger partial charge in [0.1, 0.15) is 11.8 Å². The monoisotopic (exact) mass is 315 g/mol. The molecule has 4 nitrogen and oxygen atoms in total. The molecule has 1 aromatic carbocycles. The number of benzene rings is 1. The number of rotatable bonds is 7. The fourth-order valence-electron chi connectivity index (χ4n) is 2.97. The predicted octanol–water partition coefficient (Wildman–Crippen LogP) is 3.46. The molecule has 0 amide bonds. The van der Waals surface area contributed by atoms with Crippen molar-refractivity contribution in [3.05, 3.63) is 29.8 Å². The van der Waals surface area contributed by atoms with Crippen LogP contribution in [-0.4, -0.2) is 49.1 Å². The molecule has 23 heavy (non-hydrogen) atoms. The van der Waals surface area contributed by atoms with Crippen molar-refractivity contribution in [1.29, 1.82) is 5.26 Å². The summed E-state index contributed by atoms with van der Waals surface area (Å²) < 4.78 is 5.75. The maximum absolute atomic E-state index is 9.62. The minimum atomic E-state index is -0.166. The zero-order valence-corrected chi connectivity index (χ0v) is 14.7. The highest BCUT2D eigenvalue weighted by molar-refractivity contribution is 5.31. The molecular weight excluding hydrogens is 286 g/mol. The quantitative estimate of drug-likeness (QED) is 0.723. The molecule has 4 heteroatoms. The molecule has 0 saturated carbocycles. The minimum Gasteiger partial charge on any atom is -0.494 e. The molecule has 1 fully saturated rings. The highest BCUT2D eigenvalue weighted by atomic mass is 16.5. The summed E-state index contributed by atoms with van der Waals surface area (Å²) in [7, 11) is 2.15. The lowest BCUT2D eigenvalue weighted by atomic mass is 10.0. The number of hydrogen-bond donors (Lipinski definition) is 0. The summed E-state index contributed by atoms with van der Waals surface area (Å²) in [5.74, 6) is 0.897. The first kappa shape index (κ1) is 17.8. The minimum absolute atomic E-state index is 0.166. The normalized spacial score (nSPS) is 20.9. The van der Waals surface area contributed by atoms with E-state index in [1.165, 1.54) is 12.8 Å². The van der Waals surface area contributed by atoms with E-state index in [9.17, 15) is 5.26 Å². The molecular formula is C19H29N3O. The predicted molar refractivity (Wildman–Crippen MR) is 93.5 cm³/mol. The number of likely N-dealkylation sites (N-methyl/N-ethyl adjacent to an activating group) is 1. The molecule has 1 aliphatic rings. The number of nitriles is 1. The third-order valence-corrected chi connectivity index (χ3v) is 4.69. The summed E-state index contributed by atoms with van der Waals surface area (Å²) >= 11 is 0. The number of hydrogen-bond acceptors (Lipinski definition) is 4. The number of piperazine rings is 1. The molecule has 0 spiro atoms. The third kappa shape index (κ3) is 4.95. The van der Waals surface area contributed by atoms with Crippen molar-refractivity contribution in [2.45, 2.75) is 45.2 Å². The van der Waals surface area contributed by atoms with E-state index in [1.807, 2.05) is 24.3 Å². The van der Waals surface area contributed by atoms with Gasteiger partial charge in [0.25, 0.3) is 0 Å². The van der Waals surface area contributed by atoms with Gasteiger partial charge in [0.15, 0.2) is 0 Å². The van der Waals surface area contributed by atoms with Gasteiger partial charge in [-0.15, -0.1) is 0 Å². The zero-order valence-electron chi connectivity index (χ0n) is 14.7. The largest absolute Gasteiger partial charge is 0.494 e. The molecule has 0 aromatic heterocycles. The first-order valence-electron chi connectivity index (χ1n) is 8.72. The second-order valence-corrected chi connectivity index (χ2v) is 6.48. The van der Waals surface area contributed by atoms with Crippen molar-refractivity contribution in [3.63, 3.8) is 0 Å². The summed E-state index contributed by atoms with van der Waals surface area (Å²) in [4.78, 5) is 4.62. The van der Waals surface area contributed by atoms with E-state index in [1.54, 1.807) is 0 Å². The molecule has 2 unspecified atom stereocenters. The van der Waals surface area contributed by atoms with Gasteiger partial charge in [-0.05, 0) is 38.1 Å². The number of nitrogens with zero attached hydrogens (tertiary/aromatic N) is 3. The van der Waals surface area contributed by atoms with Crippen LogP contribution in [0, 0.1) is 11.3 Å². The average molecular weight is 315 g/mol. The Hall–Kier alpha value is -1.57. The first-order valence-corrected chi connectivity index (χ1v) is 8.72. The molecule has 1 aromatic rings. The van der Waals surface area contributed by atoms with E-state index in [4.69, 9.17) is 4.74 Å². The summed E-state index contributed by atoms with van der Waals surface area (Å²) in [6.07, 6.45) is 3.50. The van der Waals surface area contributed by atoms with Gasteiger partial charge < -0.3 is 9.64 Å². The third-order valence-electron chi connectivity index (χ3n) is 4.69. The highest BCUT2D eigenvalue weighted by Gasteiger charge is 2.27. The molecule has 2 rings (SSSR count). The Bertz CT molecular complexity index is 508. The molecule has 1 aliphatic heterocycles. The Labute approximate surface area is 140 Å². The van der Waals surface area contributed by atoms with Gasteiger partial charge in [-0.2, -0.15) is 5.26 Å². The SMILES string of the molecule is CCCCCOc1ccc(C(C#N)N2CCN(C)C(C)C2)cc1. The van der Waals surface area contributed by atoms with Crippen LogP contribution in [0.5, 0.6) is 5.75 Å². The van der Waals surface area contributed by atoms with E-state index in [0.29, 0.717) is 6.04 Å². The standard InChI is InChI=1S/C19H29N3O/c1-4-5-6-13-23-18-9-7-17(8-10-18)19(14-20)22-12-11-21(3)16(2)15-22/h7-10,16,19H,4-6,11-13,15H2,1-3H3. The van der Waals surface area contributed by atoms with E-state index in [-0.39, 0.29) is 6.04 Å².